The van der Waals surface area contributed by atoms with Gasteiger partial charge in [-0.15, -0.1) is 0 Å². The molecule has 0 radical (unpaired) electrons. The average molecular weight is 360 g/mol. The molecule has 3 amide bonds. The topological polar surface area (TPSA) is 99.8 Å². The lowest BCUT2D eigenvalue weighted by Gasteiger charge is -2.37. The smallest absolute Gasteiger partial charge is 0.265 e. The first-order valence-corrected chi connectivity index (χ1v) is 8.80. The minimum atomic E-state index is -0.547. The van der Waals surface area contributed by atoms with Gasteiger partial charge in [0.2, 0.25) is 11.8 Å². The Morgan fingerprint density at radius 1 is 1.35 bits per heavy atom. The molecule has 0 bridgehead atoms. The zero-order chi connectivity index (χ0) is 18.8. The molecule has 2 aliphatic heterocycles. The van der Waals surface area contributed by atoms with E-state index in [0.717, 1.165) is 6.54 Å². The molecule has 1 aromatic rings. The van der Waals surface area contributed by atoms with E-state index in [-0.39, 0.29) is 30.2 Å². The van der Waals surface area contributed by atoms with Gasteiger partial charge in [0.1, 0.15) is 5.75 Å². The van der Waals surface area contributed by atoms with E-state index in [1.807, 2.05) is 18.7 Å². The number of nitrogens with zero attached hydrogens (tertiary/aromatic N) is 1. The van der Waals surface area contributed by atoms with Gasteiger partial charge in [-0.3, -0.25) is 19.3 Å². The lowest BCUT2D eigenvalue weighted by molar-refractivity contribution is -0.133. The Labute approximate surface area is 152 Å². The number of amides is 3. The van der Waals surface area contributed by atoms with Gasteiger partial charge in [-0.25, -0.2) is 0 Å². The first kappa shape index (κ1) is 18.2. The Bertz CT molecular complexity index is 734. The van der Waals surface area contributed by atoms with Gasteiger partial charge in [0, 0.05) is 24.8 Å². The van der Waals surface area contributed by atoms with Crippen molar-refractivity contribution in [2.45, 2.75) is 45.4 Å². The summed E-state index contributed by atoms with van der Waals surface area (Å²) in [5, 5.41) is 8.35. The number of piperazine rings is 1. The van der Waals surface area contributed by atoms with Crippen LogP contribution in [-0.4, -0.2) is 53.9 Å². The van der Waals surface area contributed by atoms with Crippen LogP contribution in [0.1, 0.15) is 27.2 Å². The molecule has 0 aliphatic carbocycles. The van der Waals surface area contributed by atoms with Gasteiger partial charge in [-0.05, 0) is 39.0 Å². The number of rotatable bonds is 4. The third-order valence-electron chi connectivity index (χ3n) is 4.61. The van der Waals surface area contributed by atoms with Crippen molar-refractivity contribution >= 4 is 29.1 Å². The van der Waals surface area contributed by atoms with Crippen molar-refractivity contribution in [1.82, 2.24) is 10.2 Å². The van der Waals surface area contributed by atoms with Gasteiger partial charge in [-0.2, -0.15) is 0 Å². The largest absolute Gasteiger partial charge is 0.479 e. The minimum absolute atomic E-state index is 0.0704. The third-order valence-corrected chi connectivity index (χ3v) is 4.61. The molecule has 0 aromatic heterocycles. The molecule has 26 heavy (non-hydrogen) atoms. The molecular weight excluding hydrogens is 336 g/mol. The normalized spacial score (nSPS) is 22.9. The monoisotopic (exact) mass is 360 g/mol. The summed E-state index contributed by atoms with van der Waals surface area (Å²) in [6.45, 7) is 7.01. The molecule has 0 unspecified atom stereocenters. The van der Waals surface area contributed by atoms with Gasteiger partial charge in [0.15, 0.2) is 6.10 Å². The minimum Gasteiger partial charge on any atom is -0.479 e. The van der Waals surface area contributed by atoms with Crippen LogP contribution in [0.3, 0.4) is 0 Å². The fourth-order valence-electron chi connectivity index (χ4n) is 3.23. The first-order valence-electron chi connectivity index (χ1n) is 8.80. The Hall–Kier alpha value is -2.61. The summed E-state index contributed by atoms with van der Waals surface area (Å²) in [5.41, 5.74) is 1.06. The lowest BCUT2D eigenvalue weighted by atomic mass is 10.1. The maximum Gasteiger partial charge on any atom is 0.265 e. The van der Waals surface area contributed by atoms with Gasteiger partial charge >= 0.3 is 0 Å². The second-order valence-electron chi connectivity index (χ2n) is 6.85. The molecule has 140 valence electrons. The van der Waals surface area contributed by atoms with E-state index in [1.165, 1.54) is 0 Å². The standard InChI is InChI=1S/C18H24N4O4/c1-10(2)22-7-6-19-18(25)14(22)9-16(23)20-12-4-5-15-13(8-12)21-17(24)11(3)26-15/h4-5,8,10-11,14H,6-7,9H2,1-3H3,(H,19,25)(H,20,23)(H,21,24)/t11-,14+/m1/s1. The zero-order valence-corrected chi connectivity index (χ0v) is 15.2. The van der Waals surface area contributed by atoms with E-state index in [9.17, 15) is 14.4 Å². The second-order valence-corrected chi connectivity index (χ2v) is 6.85. The Balaban J connectivity index is 1.67. The van der Waals surface area contributed by atoms with E-state index in [1.54, 1.807) is 25.1 Å². The second kappa shape index (κ2) is 7.33. The summed E-state index contributed by atoms with van der Waals surface area (Å²) in [5.74, 6) is -0.0468. The summed E-state index contributed by atoms with van der Waals surface area (Å²) in [4.78, 5) is 38.3. The van der Waals surface area contributed by atoms with E-state index in [2.05, 4.69) is 16.0 Å². The van der Waals surface area contributed by atoms with Crippen LogP contribution in [0.5, 0.6) is 5.75 Å². The highest BCUT2D eigenvalue weighted by Gasteiger charge is 2.33. The maximum absolute atomic E-state index is 12.4. The van der Waals surface area contributed by atoms with Crippen LogP contribution >= 0.6 is 0 Å². The molecule has 8 nitrogen and oxygen atoms in total. The van der Waals surface area contributed by atoms with Crippen LogP contribution in [0.25, 0.3) is 0 Å². The molecule has 1 saturated heterocycles. The van der Waals surface area contributed by atoms with E-state index in [4.69, 9.17) is 4.74 Å². The molecule has 2 aliphatic rings. The summed E-state index contributed by atoms with van der Waals surface area (Å²) in [6, 6.07) is 4.76. The fraction of sp³-hybridized carbons (Fsp3) is 0.500. The Morgan fingerprint density at radius 3 is 2.85 bits per heavy atom. The molecule has 2 atom stereocenters. The average Bonchev–Trinajstić information content (AvgIpc) is 2.57. The number of benzene rings is 1. The number of carbonyl (C=O) groups is 3. The SMILES string of the molecule is CC(C)N1CCNC(=O)[C@@H]1CC(=O)Nc1ccc2c(c1)NC(=O)[C@@H](C)O2. The number of ether oxygens (including phenoxy) is 1. The Morgan fingerprint density at radius 2 is 2.12 bits per heavy atom. The predicted molar refractivity (Wildman–Crippen MR) is 97.0 cm³/mol. The maximum atomic E-state index is 12.4. The van der Waals surface area contributed by atoms with Crippen molar-refractivity contribution in [3.63, 3.8) is 0 Å². The van der Waals surface area contributed by atoms with Gasteiger partial charge < -0.3 is 20.7 Å². The van der Waals surface area contributed by atoms with Crippen molar-refractivity contribution in [3.05, 3.63) is 18.2 Å². The van der Waals surface area contributed by atoms with Crippen molar-refractivity contribution in [2.75, 3.05) is 23.7 Å². The molecule has 1 fully saturated rings. The number of nitrogens with one attached hydrogen (secondary N) is 3. The number of fused-ring (bicyclic) bond motifs is 1. The molecule has 0 spiro atoms. The molecule has 0 saturated carbocycles. The van der Waals surface area contributed by atoms with Crippen LogP contribution in [0.2, 0.25) is 0 Å². The quantitative estimate of drug-likeness (QED) is 0.742. The number of hydrogen-bond acceptors (Lipinski definition) is 5. The van der Waals surface area contributed by atoms with Crippen molar-refractivity contribution in [3.8, 4) is 5.75 Å². The molecule has 1 aromatic carbocycles. The summed E-state index contributed by atoms with van der Waals surface area (Å²) < 4.78 is 5.50. The summed E-state index contributed by atoms with van der Waals surface area (Å²) >= 11 is 0. The lowest BCUT2D eigenvalue weighted by Crippen LogP contribution is -2.58. The highest BCUT2D eigenvalue weighted by molar-refractivity contribution is 6.00. The molecule has 3 N–H and O–H groups in total. The van der Waals surface area contributed by atoms with Crippen LogP contribution in [-0.2, 0) is 14.4 Å². The number of anilines is 2. The van der Waals surface area contributed by atoms with Gasteiger partial charge in [-0.1, -0.05) is 0 Å². The Kier molecular flexibility index (Phi) is 5.13. The third kappa shape index (κ3) is 3.80. The summed E-state index contributed by atoms with van der Waals surface area (Å²) in [6.07, 6.45) is -0.476. The highest BCUT2D eigenvalue weighted by Crippen LogP contribution is 2.32. The zero-order valence-electron chi connectivity index (χ0n) is 15.2. The highest BCUT2D eigenvalue weighted by atomic mass is 16.5. The van der Waals surface area contributed by atoms with Crippen molar-refractivity contribution in [2.24, 2.45) is 0 Å². The van der Waals surface area contributed by atoms with Crippen LogP contribution < -0.4 is 20.7 Å². The first-order chi connectivity index (χ1) is 12.3. The van der Waals surface area contributed by atoms with Crippen LogP contribution in [0.4, 0.5) is 11.4 Å². The van der Waals surface area contributed by atoms with Crippen LogP contribution in [0.15, 0.2) is 18.2 Å². The van der Waals surface area contributed by atoms with Gasteiger partial charge in [0.25, 0.3) is 5.91 Å². The molecule has 3 rings (SSSR count). The van der Waals surface area contributed by atoms with E-state index < -0.39 is 12.1 Å². The van der Waals surface area contributed by atoms with E-state index in [0.29, 0.717) is 23.7 Å². The van der Waals surface area contributed by atoms with Crippen LogP contribution in [0, 0.1) is 0 Å². The van der Waals surface area contributed by atoms with Gasteiger partial charge in [0.05, 0.1) is 18.2 Å². The van der Waals surface area contributed by atoms with Crippen molar-refractivity contribution < 1.29 is 19.1 Å². The number of hydrogen-bond donors (Lipinski definition) is 3. The predicted octanol–water partition coefficient (Wildman–Crippen LogP) is 0.943. The molecular formula is C18H24N4O4. The fourth-order valence-corrected chi connectivity index (χ4v) is 3.23. The molecule has 2 heterocycles. The number of carbonyl (C=O) groups excluding carboxylic acids is 3. The van der Waals surface area contributed by atoms with Crippen molar-refractivity contribution in [1.29, 1.82) is 0 Å². The molecule has 8 heteroatoms. The summed E-state index contributed by atoms with van der Waals surface area (Å²) in [7, 11) is 0. The van der Waals surface area contributed by atoms with E-state index >= 15 is 0 Å².